The summed E-state index contributed by atoms with van der Waals surface area (Å²) in [6, 6.07) is -0.397. The highest BCUT2D eigenvalue weighted by Gasteiger charge is 2.48. The topological polar surface area (TPSA) is 84.7 Å². The molecule has 26 heavy (non-hydrogen) atoms. The summed E-state index contributed by atoms with van der Waals surface area (Å²) < 4.78 is 7.35. The molecule has 4 rings (SSSR count). The summed E-state index contributed by atoms with van der Waals surface area (Å²) in [5.74, 6) is -0.732. The highest BCUT2D eigenvalue weighted by molar-refractivity contribution is 5.98. The zero-order valence-corrected chi connectivity index (χ0v) is 15.3. The molecule has 3 atom stereocenters. The van der Waals surface area contributed by atoms with E-state index in [0.717, 1.165) is 44.2 Å². The minimum atomic E-state index is -0.887. The molecule has 1 aliphatic carbocycles. The van der Waals surface area contributed by atoms with Crippen molar-refractivity contribution in [1.29, 1.82) is 0 Å². The number of carboxylic acid groups (broad SMARTS) is 1. The number of rotatable bonds is 3. The van der Waals surface area contributed by atoms with Crippen LogP contribution in [0.1, 0.15) is 67.0 Å². The van der Waals surface area contributed by atoms with Crippen molar-refractivity contribution >= 4 is 11.9 Å². The van der Waals surface area contributed by atoms with Gasteiger partial charge >= 0.3 is 5.97 Å². The lowest BCUT2D eigenvalue weighted by atomic mass is 9.84. The van der Waals surface area contributed by atoms with Crippen molar-refractivity contribution in [2.24, 2.45) is 5.92 Å². The van der Waals surface area contributed by atoms with Gasteiger partial charge in [-0.1, -0.05) is 12.8 Å². The smallest absolute Gasteiger partial charge is 0.326 e. The minimum absolute atomic E-state index is 0.0585. The van der Waals surface area contributed by atoms with Gasteiger partial charge in [-0.2, -0.15) is 5.10 Å². The number of ether oxygens (including phenoxy) is 1. The summed E-state index contributed by atoms with van der Waals surface area (Å²) in [5, 5.41) is 14.1. The van der Waals surface area contributed by atoms with E-state index in [4.69, 9.17) is 4.74 Å². The summed E-state index contributed by atoms with van der Waals surface area (Å²) in [6.07, 6.45) is 8.13. The first-order valence-corrected chi connectivity index (χ1v) is 9.75. The molecule has 1 saturated carbocycles. The zero-order chi connectivity index (χ0) is 18.3. The van der Waals surface area contributed by atoms with Crippen LogP contribution in [0.4, 0.5) is 0 Å². The standard InChI is InChI=1S/C19H27N3O4/c1-12-15(11-20-22(12)14-6-8-26-9-7-14)18(23)21-16-5-3-2-4-13(16)10-17(21)19(24)25/h11,13-14,16-17H,2-10H2,1H3,(H,24,25). The van der Waals surface area contributed by atoms with Crippen LogP contribution in [0.15, 0.2) is 6.20 Å². The molecule has 1 amide bonds. The van der Waals surface area contributed by atoms with Crippen molar-refractivity contribution in [2.75, 3.05) is 13.2 Å². The number of hydrogen-bond donors (Lipinski definition) is 1. The van der Waals surface area contributed by atoms with Crippen LogP contribution in [0.5, 0.6) is 0 Å². The van der Waals surface area contributed by atoms with Crippen LogP contribution in [-0.2, 0) is 9.53 Å². The number of fused-ring (bicyclic) bond motifs is 1. The number of carbonyl (C=O) groups excluding carboxylic acids is 1. The van der Waals surface area contributed by atoms with Crippen molar-refractivity contribution < 1.29 is 19.4 Å². The minimum Gasteiger partial charge on any atom is -0.480 e. The second kappa shape index (κ2) is 7.02. The predicted octanol–water partition coefficient (Wildman–Crippen LogP) is 2.40. The average Bonchev–Trinajstić information content (AvgIpc) is 3.23. The van der Waals surface area contributed by atoms with Gasteiger partial charge in [-0.05, 0) is 44.9 Å². The normalized spacial score (nSPS) is 29.6. The third-order valence-corrected chi connectivity index (χ3v) is 6.42. The SMILES string of the molecule is Cc1c(C(=O)N2C(C(=O)O)CC3CCCCC32)cnn1C1CCOCC1. The Hall–Kier alpha value is -1.89. The second-order valence-electron chi connectivity index (χ2n) is 7.85. The second-order valence-corrected chi connectivity index (χ2v) is 7.85. The monoisotopic (exact) mass is 361 g/mol. The van der Waals surface area contributed by atoms with Gasteiger partial charge in [-0.25, -0.2) is 4.79 Å². The van der Waals surface area contributed by atoms with E-state index in [0.29, 0.717) is 31.1 Å². The highest BCUT2D eigenvalue weighted by atomic mass is 16.5. The molecule has 7 heteroatoms. The van der Waals surface area contributed by atoms with Gasteiger partial charge in [0, 0.05) is 24.9 Å². The molecule has 7 nitrogen and oxygen atoms in total. The lowest BCUT2D eigenvalue weighted by Gasteiger charge is -2.33. The molecule has 1 N–H and O–H groups in total. The maximum atomic E-state index is 13.3. The van der Waals surface area contributed by atoms with Crippen LogP contribution in [0, 0.1) is 12.8 Å². The fourth-order valence-corrected chi connectivity index (χ4v) is 5.04. The molecular weight excluding hydrogens is 334 g/mol. The van der Waals surface area contributed by atoms with Crippen LogP contribution in [0.25, 0.3) is 0 Å². The molecule has 0 spiro atoms. The molecule has 0 radical (unpaired) electrons. The van der Waals surface area contributed by atoms with Crippen LogP contribution >= 0.6 is 0 Å². The van der Waals surface area contributed by atoms with Crippen molar-refractivity contribution in [3.63, 3.8) is 0 Å². The molecule has 1 aromatic heterocycles. The van der Waals surface area contributed by atoms with Gasteiger partial charge in [0.05, 0.1) is 17.8 Å². The summed E-state index contributed by atoms with van der Waals surface area (Å²) in [5.41, 5.74) is 1.39. The van der Waals surface area contributed by atoms with Gasteiger partial charge in [0.25, 0.3) is 5.91 Å². The number of carboxylic acids is 1. The van der Waals surface area contributed by atoms with Gasteiger partial charge in [0.2, 0.25) is 0 Å². The Morgan fingerprint density at radius 3 is 2.65 bits per heavy atom. The third-order valence-electron chi connectivity index (χ3n) is 6.42. The fraction of sp³-hybridized carbons (Fsp3) is 0.737. The Labute approximate surface area is 153 Å². The molecule has 2 saturated heterocycles. The molecule has 3 fully saturated rings. The molecule has 0 bridgehead atoms. The van der Waals surface area contributed by atoms with E-state index in [1.54, 1.807) is 11.1 Å². The molecule has 3 aliphatic rings. The zero-order valence-electron chi connectivity index (χ0n) is 15.3. The number of aliphatic carboxylic acids is 1. The quantitative estimate of drug-likeness (QED) is 0.894. The van der Waals surface area contributed by atoms with Crippen molar-refractivity contribution in [2.45, 2.75) is 70.0 Å². The number of likely N-dealkylation sites (tertiary alicyclic amines) is 1. The van der Waals surface area contributed by atoms with Crippen LogP contribution in [-0.4, -0.2) is 57.0 Å². The van der Waals surface area contributed by atoms with Crippen LogP contribution in [0.2, 0.25) is 0 Å². The lowest BCUT2D eigenvalue weighted by Crippen LogP contribution is -2.46. The van der Waals surface area contributed by atoms with Gasteiger partial charge in [-0.3, -0.25) is 9.48 Å². The van der Waals surface area contributed by atoms with Gasteiger partial charge < -0.3 is 14.7 Å². The van der Waals surface area contributed by atoms with Gasteiger partial charge in [0.1, 0.15) is 6.04 Å². The lowest BCUT2D eigenvalue weighted by molar-refractivity contribution is -0.141. The molecule has 3 unspecified atom stereocenters. The predicted molar refractivity (Wildman–Crippen MR) is 94.0 cm³/mol. The average molecular weight is 361 g/mol. The Balaban J connectivity index is 1.61. The number of aromatic nitrogens is 2. The molecular formula is C19H27N3O4. The van der Waals surface area contributed by atoms with E-state index >= 15 is 0 Å². The first-order chi connectivity index (χ1) is 12.6. The van der Waals surface area contributed by atoms with Gasteiger partial charge in [0.15, 0.2) is 0 Å². The number of nitrogens with zero attached hydrogens (tertiary/aromatic N) is 3. The Bertz CT molecular complexity index is 695. The van der Waals surface area contributed by atoms with Gasteiger partial charge in [-0.15, -0.1) is 0 Å². The summed E-state index contributed by atoms with van der Waals surface area (Å²) in [6.45, 7) is 3.34. The third kappa shape index (κ3) is 2.92. The molecule has 142 valence electrons. The Morgan fingerprint density at radius 2 is 1.92 bits per heavy atom. The fourth-order valence-electron chi connectivity index (χ4n) is 5.04. The van der Waals surface area contributed by atoms with E-state index in [2.05, 4.69) is 5.10 Å². The van der Waals surface area contributed by atoms with Crippen LogP contribution in [0.3, 0.4) is 0 Å². The van der Waals surface area contributed by atoms with Crippen molar-refractivity contribution in [1.82, 2.24) is 14.7 Å². The first kappa shape index (κ1) is 17.5. The van der Waals surface area contributed by atoms with Crippen molar-refractivity contribution in [3.05, 3.63) is 17.5 Å². The van der Waals surface area contributed by atoms with Crippen LogP contribution < -0.4 is 0 Å². The maximum Gasteiger partial charge on any atom is 0.326 e. The summed E-state index contributed by atoms with van der Waals surface area (Å²) in [4.78, 5) is 26.8. The molecule has 3 heterocycles. The highest BCUT2D eigenvalue weighted by Crippen LogP contribution is 2.41. The Morgan fingerprint density at radius 1 is 1.19 bits per heavy atom. The number of hydrogen-bond acceptors (Lipinski definition) is 4. The number of amides is 1. The summed E-state index contributed by atoms with van der Waals surface area (Å²) >= 11 is 0. The van der Waals surface area contributed by atoms with E-state index < -0.39 is 12.0 Å². The molecule has 2 aliphatic heterocycles. The first-order valence-electron chi connectivity index (χ1n) is 9.75. The largest absolute Gasteiger partial charge is 0.480 e. The number of carbonyl (C=O) groups is 2. The van der Waals surface area contributed by atoms with E-state index in [1.807, 2.05) is 11.6 Å². The summed E-state index contributed by atoms with van der Waals surface area (Å²) in [7, 11) is 0. The van der Waals surface area contributed by atoms with E-state index in [1.165, 1.54) is 0 Å². The Kier molecular flexibility index (Phi) is 4.73. The van der Waals surface area contributed by atoms with E-state index in [9.17, 15) is 14.7 Å². The molecule has 0 aromatic carbocycles. The maximum absolute atomic E-state index is 13.3. The van der Waals surface area contributed by atoms with E-state index in [-0.39, 0.29) is 18.0 Å². The molecule has 1 aromatic rings. The van der Waals surface area contributed by atoms with Crippen molar-refractivity contribution in [3.8, 4) is 0 Å².